The molecule has 3 aromatic carbocycles. The average molecular weight is 567 g/mol. The Morgan fingerprint density at radius 1 is 1.00 bits per heavy atom. The van der Waals surface area contributed by atoms with E-state index in [1.54, 1.807) is 24.3 Å². The number of amides is 2. The molecule has 0 bridgehead atoms. The van der Waals surface area contributed by atoms with Crippen LogP contribution in [0.1, 0.15) is 10.4 Å². The van der Waals surface area contributed by atoms with E-state index < -0.39 is 11.8 Å². The fraction of sp³-hybridized carbons (Fsp3) is 0.0952. The molecule has 0 saturated heterocycles. The second-order valence-corrected chi connectivity index (χ2v) is 8.25. The van der Waals surface area contributed by atoms with Crippen LogP contribution in [-0.4, -0.2) is 30.6 Å². The fourth-order valence-electron chi connectivity index (χ4n) is 2.65. The van der Waals surface area contributed by atoms with E-state index in [2.05, 4.69) is 48.0 Å². The molecule has 0 aliphatic carbocycles. The number of ether oxygens (including phenoxy) is 2. The van der Waals surface area contributed by atoms with E-state index in [9.17, 15) is 9.59 Å². The molecule has 0 aromatic heterocycles. The van der Waals surface area contributed by atoms with Crippen molar-refractivity contribution in [2.24, 2.45) is 0 Å². The zero-order valence-corrected chi connectivity index (χ0v) is 20.2. The highest BCUT2D eigenvalue weighted by Crippen LogP contribution is 2.33. The predicted molar refractivity (Wildman–Crippen MR) is 129 cm³/mol. The van der Waals surface area contributed by atoms with Gasteiger partial charge in [-0.05, 0) is 79.1 Å². The molecular weight excluding hydrogens is 550 g/mol. The van der Waals surface area contributed by atoms with Gasteiger partial charge in [0.2, 0.25) is 0 Å². The molecule has 0 atom stereocenters. The highest BCUT2D eigenvalue weighted by Gasteiger charge is 2.12. The van der Waals surface area contributed by atoms with Crippen LogP contribution in [0.5, 0.6) is 11.5 Å². The third-order valence-electron chi connectivity index (χ3n) is 4.14. The summed E-state index contributed by atoms with van der Waals surface area (Å²) in [7, 11) is 1.53. The maximum absolute atomic E-state index is 12.3. The van der Waals surface area contributed by atoms with Gasteiger partial charge in [-0.25, -0.2) is 0 Å². The summed E-state index contributed by atoms with van der Waals surface area (Å²) < 4.78 is 12.1. The van der Waals surface area contributed by atoms with Gasteiger partial charge in [-0.2, -0.15) is 0 Å². The summed E-state index contributed by atoms with van der Waals surface area (Å²) in [4.78, 5) is 24.3. The van der Waals surface area contributed by atoms with Crippen molar-refractivity contribution in [1.82, 2.24) is 16.2 Å². The number of thiocarbonyl (C=S) groups is 1. The molecule has 0 aliphatic heterocycles. The van der Waals surface area contributed by atoms with E-state index >= 15 is 0 Å². The third-order valence-corrected chi connectivity index (χ3v) is 5.78. The molecule has 10 heteroatoms. The maximum atomic E-state index is 12.3. The normalized spacial score (nSPS) is 10.3. The molecular formula is C21H17Br2N3O4S. The Balaban J connectivity index is 1.48. The van der Waals surface area contributed by atoms with Crippen molar-refractivity contribution in [3.05, 3.63) is 69.1 Å². The molecule has 160 valence electrons. The molecule has 0 aliphatic rings. The number of halogens is 2. The molecule has 7 nitrogen and oxygen atoms in total. The van der Waals surface area contributed by atoms with Gasteiger partial charge in [-0.3, -0.25) is 25.8 Å². The van der Waals surface area contributed by atoms with E-state index in [-0.39, 0.29) is 11.7 Å². The highest BCUT2D eigenvalue weighted by molar-refractivity contribution is 9.11. The van der Waals surface area contributed by atoms with Crippen LogP contribution < -0.4 is 25.6 Å². The van der Waals surface area contributed by atoms with Crippen LogP contribution in [0.3, 0.4) is 0 Å². The number of hydrazine groups is 1. The van der Waals surface area contributed by atoms with Gasteiger partial charge in [0.05, 0.1) is 16.1 Å². The smallest absolute Gasteiger partial charge is 0.276 e. The molecule has 3 N–H and O–H groups in total. The standard InChI is InChI=1S/C21H17Br2N3O4S/c1-29-16-8-7-13(10-15(16)22)20(28)24-21(31)26-25-18(27)11-30-17-9-6-12-4-2-3-5-14(12)19(17)23/h2-10H,11H2,1H3,(H,25,27)(H2,24,26,28,31). The number of carbonyl (C=O) groups is 2. The largest absolute Gasteiger partial charge is 0.496 e. The summed E-state index contributed by atoms with van der Waals surface area (Å²) in [6, 6.07) is 16.4. The van der Waals surface area contributed by atoms with Gasteiger partial charge >= 0.3 is 0 Å². The zero-order chi connectivity index (χ0) is 22.4. The van der Waals surface area contributed by atoms with Crippen LogP contribution in [0.4, 0.5) is 0 Å². The van der Waals surface area contributed by atoms with Gasteiger partial charge in [0.15, 0.2) is 11.7 Å². The number of rotatable bonds is 5. The average Bonchev–Trinajstić information content (AvgIpc) is 2.77. The summed E-state index contributed by atoms with van der Waals surface area (Å²) in [5, 5.41) is 4.45. The number of methoxy groups -OCH3 is 1. The predicted octanol–water partition coefficient (Wildman–Crippen LogP) is 4.09. The minimum Gasteiger partial charge on any atom is -0.496 e. The van der Waals surface area contributed by atoms with Gasteiger partial charge in [0.25, 0.3) is 11.8 Å². The van der Waals surface area contributed by atoms with E-state index in [0.717, 1.165) is 15.2 Å². The lowest BCUT2D eigenvalue weighted by molar-refractivity contribution is -0.123. The lowest BCUT2D eigenvalue weighted by atomic mass is 10.1. The number of hydrogen-bond donors (Lipinski definition) is 3. The summed E-state index contributed by atoms with van der Waals surface area (Å²) in [5.41, 5.74) is 5.22. The van der Waals surface area contributed by atoms with Crippen molar-refractivity contribution in [3.63, 3.8) is 0 Å². The van der Waals surface area contributed by atoms with Gasteiger partial charge in [-0.1, -0.05) is 30.3 Å². The van der Waals surface area contributed by atoms with Crippen molar-refractivity contribution in [2.75, 3.05) is 13.7 Å². The van der Waals surface area contributed by atoms with E-state index in [1.165, 1.54) is 7.11 Å². The molecule has 0 fully saturated rings. The molecule has 3 aromatic rings. The Morgan fingerprint density at radius 2 is 1.74 bits per heavy atom. The highest BCUT2D eigenvalue weighted by atomic mass is 79.9. The topological polar surface area (TPSA) is 88.7 Å². The first kappa shape index (κ1) is 23.0. The first-order chi connectivity index (χ1) is 14.9. The SMILES string of the molecule is COc1ccc(C(=O)NC(=S)NNC(=O)COc2ccc3ccccc3c2Br)cc1Br. The Kier molecular flexibility index (Phi) is 7.83. The van der Waals surface area contributed by atoms with Crippen LogP contribution in [0.15, 0.2) is 63.5 Å². The van der Waals surface area contributed by atoms with Crippen LogP contribution >= 0.6 is 44.1 Å². The molecule has 0 saturated carbocycles. The lowest BCUT2D eigenvalue weighted by Gasteiger charge is -2.13. The number of carbonyl (C=O) groups excluding carboxylic acids is 2. The molecule has 2 amide bonds. The number of fused-ring (bicyclic) bond motifs is 1. The van der Waals surface area contributed by atoms with Gasteiger partial charge in [0.1, 0.15) is 11.5 Å². The summed E-state index contributed by atoms with van der Waals surface area (Å²) in [6.07, 6.45) is 0. The van der Waals surface area contributed by atoms with Crippen LogP contribution in [-0.2, 0) is 4.79 Å². The fourth-order valence-corrected chi connectivity index (χ4v) is 3.94. The molecule has 0 radical (unpaired) electrons. The number of hydrogen-bond acceptors (Lipinski definition) is 5. The van der Waals surface area contributed by atoms with Gasteiger partial charge < -0.3 is 9.47 Å². The van der Waals surface area contributed by atoms with Crippen LogP contribution in [0.2, 0.25) is 0 Å². The summed E-state index contributed by atoms with van der Waals surface area (Å²) in [5.74, 6) is 0.229. The van der Waals surface area contributed by atoms with Crippen LogP contribution in [0, 0.1) is 0 Å². The second kappa shape index (κ2) is 10.6. The first-order valence-corrected chi connectivity index (χ1v) is 10.9. The second-order valence-electron chi connectivity index (χ2n) is 6.19. The quantitative estimate of drug-likeness (QED) is 0.318. The maximum Gasteiger partial charge on any atom is 0.276 e. The Bertz CT molecular complexity index is 1160. The van der Waals surface area contributed by atoms with Crippen molar-refractivity contribution in [3.8, 4) is 11.5 Å². The Morgan fingerprint density at radius 3 is 2.48 bits per heavy atom. The molecule has 3 rings (SSSR count). The Labute approximate surface area is 200 Å². The van der Waals surface area contributed by atoms with Gasteiger partial charge in [0, 0.05) is 5.56 Å². The molecule has 0 heterocycles. The van der Waals surface area contributed by atoms with E-state index in [1.807, 2.05) is 30.3 Å². The van der Waals surface area contributed by atoms with Crippen molar-refractivity contribution >= 4 is 71.8 Å². The molecule has 31 heavy (non-hydrogen) atoms. The number of nitrogens with one attached hydrogen (secondary N) is 3. The molecule has 0 unspecified atom stereocenters. The number of benzene rings is 3. The molecule has 0 spiro atoms. The first-order valence-electron chi connectivity index (χ1n) is 8.93. The lowest BCUT2D eigenvalue weighted by Crippen LogP contribution is -2.49. The van der Waals surface area contributed by atoms with Crippen molar-refractivity contribution < 1.29 is 19.1 Å². The minimum atomic E-state index is -0.469. The van der Waals surface area contributed by atoms with Crippen molar-refractivity contribution in [2.45, 2.75) is 0 Å². The van der Waals surface area contributed by atoms with Gasteiger partial charge in [-0.15, -0.1) is 0 Å². The van der Waals surface area contributed by atoms with E-state index in [4.69, 9.17) is 21.7 Å². The third kappa shape index (κ3) is 5.93. The zero-order valence-electron chi connectivity index (χ0n) is 16.2. The van der Waals surface area contributed by atoms with Crippen molar-refractivity contribution in [1.29, 1.82) is 0 Å². The summed E-state index contributed by atoms with van der Waals surface area (Å²) >= 11 is 11.9. The van der Waals surface area contributed by atoms with Crippen LogP contribution in [0.25, 0.3) is 10.8 Å². The van der Waals surface area contributed by atoms with E-state index in [0.29, 0.717) is 21.5 Å². The minimum absolute atomic E-state index is 0.0582. The Hall–Kier alpha value is -2.69. The summed E-state index contributed by atoms with van der Waals surface area (Å²) in [6.45, 7) is -0.244. The monoisotopic (exact) mass is 565 g/mol.